The van der Waals surface area contributed by atoms with E-state index in [0.717, 1.165) is 6.42 Å². The molecule has 0 bridgehead atoms. The summed E-state index contributed by atoms with van der Waals surface area (Å²) >= 11 is 0. The summed E-state index contributed by atoms with van der Waals surface area (Å²) in [4.78, 5) is 11.8. The normalized spacial score (nSPS) is 11.8. The highest BCUT2D eigenvalue weighted by Crippen LogP contribution is 2.03. The van der Waals surface area contributed by atoms with Crippen molar-refractivity contribution in [1.29, 1.82) is 0 Å². The fraction of sp³-hybridized carbons (Fsp3) is 0.438. The van der Waals surface area contributed by atoms with Crippen LogP contribution in [0.15, 0.2) is 35.9 Å². The van der Waals surface area contributed by atoms with E-state index < -0.39 is 0 Å². The molecule has 0 saturated carbocycles. The second-order valence-corrected chi connectivity index (χ2v) is 4.98. The quantitative estimate of drug-likeness (QED) is 0.778. The fourth-order valence-corrected chi connectivity index (χ4v) is 1.55. The maximum atomic E-state index is 12.7. The Morgan fingerprint density at radius 1 is 1.35 bits per heavy atom. The van der Waals surface area contributed by atoms with Crippen LogP contribution in [0.2, 0.25) is 0 Å². The number of allylic oxidation sites excluding steroid dienone is 1. The highest BCUT2D eigenvalue weighted by molar-refractivity contribution is 5.94. The van der Waals surface area contributed by atoms with Crippen molar-refractivity contribution in [3.63, 3.8) is 0 Å². The average molecular weight is 279 g/mol. The number of halogens is 1. The molecule has 0 radical (unpaired) electrons. The lowest BCUT2D eigenvalue weighted by molar-refractivity contribution is 0.0788. The van der Waals surface area contributed by atoms with E-state index >= 15 is 0 Å². The van der Waals surface area contributed by atoms with Gasteiger partial charge in [-0.05, 0) is 51.5 Å². The van der Waals surface area contributed by atoms with Gasteiger partial charge in [-0.3, -0.25) is 4.79 Å². The summed E-state index contributed by atoms with van der Waals surface area (Å²) in [7, 11) is 0. The summed E-state index contributed by atoms with van der Waals surface area (Å²) in [6, 6.07) is 5.50. The third-order valence-corrected chi connectivity index (χ3v) is 2.82. The zero-order valence-electron chi connectivity index (χ0n) is 12.3. The molecule has 1 unspecified atom stereocenters. The van der Waals surface area contributed by atoms with Crippen molar-refractivity contribution in [3.8, 4) is 0 Å². The maximum Gasteiger partial charge on any atom is 0.251 e. The molecule has 0 aliphatic rings. The van der Waals surface area contributed by atoms with Crippen LogP contribution in [0.3, 0.4) is 0 Å². The van der Waals surface area contributed by atoms with E-state index in [1.807, 2.05) is 26.8 Å². The Balaban J connectivity index is 2.24. The SMILES string of the molecule is CC(C)=CCOC(C)CCNC(=O)c1ccc(F)cc1. The van der Waals surface area contributed by atoms with Gasteiger partial charge >= 0.3 is 0 Å². The first-order chi connectivity index (χ1) is 9.49. The second-order valence-electron chi connectivity index (χ2n) is 4.98. The average Bonchev–Trinajstić information content (AvgIpc) is 2.39. The first-order valence-corrected chi connectivity index (χ1v) is 6.77. The smallest absolute Gasteiger partial charge is 0.251 e. The van der Waals surface area contributed by atoms with Crippen molar-refractivity contribution in [2.45, 2.75) is 33.3 Å². The highest BCUT2D eigenvalue weighted by atomic mass is 19.1. The number of hydrogen-bond acceptors (Lipinski definition) is 2. The third kappa shape index (κ3) is 6.48. The lowest BCUT2D eigenvalue weighted by Crippen LogP contribution is -2.27. The Kier molecular flexibility index (Phi) is 6.94. The minimum Gasteiger partial charge on any atom is -0.374 e. The molecule has 0 fully saturated rings. The molecule has 0 aliphatic heterocycles. The first-order valence-electron chi connectivity index (χ1n) is 6.77. The van der Waals surface area contributed by atoms with Crippen LogP contribution >= 0.6 is 0 Å². The van der Waals surface area contributed by atoms with Gasteiger partial charge in [0.05, 0.1) is 12.7 Å². The van der Waals surface area contributed by atoms with Crippen LogP contribution in [0, 0.1) is 5.82 Å². The first kappa shape index (κ1) is 16.4. The molecule has 1 aromatic carbocycles. The van der Waals surface area contributed by atoms with Crippen LogP contribution in [-0.4, -0.2) is 25.2 Å². The van der Waals surface area contributed by atoms with Crippen molar-refractivity contribution in [1.82, 2.24) is 5.32 Å². The van der Waals surface area contributed by atoms with Gasteiger partial charge in [0.25, 0.3) is 5.91 Å². The largest absolute Gasteiger partial charge is 0.374 e. The molecule has 0 aromatic heterocycles. The van der Waals surface area contributed by atoms with Crippen LogP contribution in [0.1, 0.15) is 37.6 Å². The highest BCUT2D eigenvalue weighted by Gasteiger charge is 2.06. The number of ether oxygens (including phenoxy) is 1. The minimum atomic E-state index is -0.345. The number of nitrogens with one attached hydrogen (secondary N) is 1. The topological polar surface area (TPSA) is 38.3 Å². The van der Waals surface area contributed by atoms with Crippen LogP contribution in [0.5, 0.6) is 0 Å². The molecule has 0 spiro atoms. The Morgan fingerprint density at radius 2 is 2.00 bits per heavy atom. The van der Waals surface area contributed by atoms with E-state index in [-0.39, 0.29) is 17.8 Å². The van der Waals surface area contributed by atoms with E-state index in [9.17, 15) is 9.18 Å². The van der Waals surface area contributed by atoms with Gasteiger partial charge in [-0.2, -0.15) is 0 Å². The maximum absolute atomic E-state index is 12.7. The molecule has 0 heterocycles. The molecular weight excluding hydrogens is 257 g/mol. The van der Waals surface area contributed by atoms with Gasteiger partial charge in [0.1, 0.15) is 5.82 Å². The number of amides is 1. The van der Waals surface area contributed by atoms with Crippen LogP contribution < -0.4 is 5.32 Å². The van der Waals surface area contributed by atoms with Crippen molar-refractivity contribution in [3.05, 3.63) is 47.3 Å². The van der Waals surface area contributed by atoms with Gasteiger partial charge in [0, 0.05) is 12.1 Å². The lowest BCUT2D eigenvalue weighted by atomic mass is 10.2. The summed E-state index contributed by atoms with van der Waals surface area (Å²) < 4.78 is 18.3. The Labute approximate surface area is 119 Å². The lowest BCUT2D eigenvalue weighted by Gasteiger charge is -2.12. The number of carbonyl (C=O) groups is 1. The van der Waals surface area contributed by atoms with E-state index in [4.69, 9.17) is 4.74 Å². The molecule has 1 rings (SSSR count). The summed E-state index contributed by atoms with van der Waals surface area (Å²) in [6.07, 6.45) is 2.84. The second kappa shape index (κ2) is 8.48. The van der Waals surface area contributed by atoms with Gasteiger partial charge in [0.2, 0.25) is 0 Å². The molecule has 1 atom stereocenters. The third-order valence-electron chi connectivity index (χ3n) is 2.82. The molecular formula is C16H22FNO2. The van der Waals surface area contributed by atoms with Gasteiger partial charge in [-0.1, -0.05) is 11.6 Å². The van der Waals surface area contributed by atoms with Crippen LogP contribution in [0.25, 0.3) is 0 Å². The summed E-state index contributed by atoms with van der Waals surface area (Å²) in [5.74, 6) is -0.538. The molecule has 110 valence electrons. The Morgan fingerprint density at radius 3 is 2.60 bits per heavy atom. The van der Waals surface area contributed by atoms with Crippen molar-refractivity contribution >= 4 is 5.91 Å². The van der Waals surface area contributed by atoms with Gasteiger partial charge < -0.3 is 10.1 Å². The predicted molar refractivity (Wildman–Crippen MR) is 78.2 cm³/mol. The van der Waals surface area contributed by atoms with Crippen LogP contribution in [-0.2, 0) is 4.74 Å². The van der Waals surface area contributed by atoms with E-state index in [2.05, 4.69) is 5.32 Å². The Hall–Kier alpha value is -1.68. The minimum absolute atomic E-state index is 0.0825. The van der Waals surface area contributed by atoms with Crippen LogP contribution in [0.4, 0.5) is 4.39 Å². The molecule has 0 aliphatic carbocycles. The van der Waals surface area contributed by atoms with Gasteiger partial charge in [0.15, 0.2) is 0 Å². The molecule has 3 nitrogen and oxygen atoms in total. The fourth-order valence-electron chi connectivity index (χ4n) is 1.55. The molecule has 1 N–H and O–H groups in total. The number of hydrogen-bond donors (Lipinski definition) is 1. The number of benzene rings is 1. The van der Waals surface area contributed by atoms with E-state index in [1.54, 1.807) is 0 Å². The zero-order chi connectivity index (χ0) is 15.0. The van der Waals surface area contributed by atoms with Gasteiger partial charge in [-0.15, -0.1) is 0 Å². The zero-order valence-corrected chi connectivity index (χ0v) is 12.3. The van der Waals surface area contributed by atoms with Crippen molar-refractivity contribution < 1.29 is 13.9 Å². The molecule has 1 amide bonds. The summed E-state index contributed by atoms with van der Waals surface area (Å²) in [5, 5.41) is 2.79. The number of rotatable bonds is 7. The molecule has 4 heteroatoms. The number of carbonyl (C=O) groups excluding carboxylic acids is 1. The van der Waals surface area contributed by atoms with Crippen molar-refractivity contribution in [2.75, 3.05) is 13.2 Å². The Bertz CT molecular complexity index is 450. The molecule has 20 heavy (non-hydrogen) atoms. The molecule has 0 saturated heterocycles. The van der Waals surface area contributed by atoms with E-state index in [0.29, 0.717) is 18.7 Å². The summed E-state index contributed by atoms with van der Waals surface area (Å²) in [5.41, 5.74) is 1.69. The predicted octanol–water partition coefficient (Wildman–Crippen LogP) is 3.32. The summed E-state index contributed by atoms with van der Waals surface area (Å²) in [6.45, 7) is 7.15. The monoisotopic (exact) mass is 279 g/mol. The molecule has 1 aromatic rings. The van der Waals surface area contributed by atoms with E-state index in [1.165, 1.54) is 29.8 Å². The van der Waals surface area contributed by atoms with Crippen molar-refractivity contribution in [2.24, 2.45) is 0 Å². The standard InChI is InChI=1S/C16H22FNO2/c1-12(2)9-11-20-13(3)8-10-18-16(19)14-4-6-15(17)7-5-14/h4-7,9,13H,8,10-11H2,1-3H3,(H,18,19). The van der Waals surface area contributed by atoms with Gasteiger partial charge in [-0.25, -0.2) is 4.39 Å².